The summed E-state index contributed by atoms with van der Waals surface area (Å²) in [5.41, 5.74) is 0.496. The number of rotatable bonds is 8. The predicted octanol–water partition coefficient (Wildman–Crippen LogP) is 2.04. The zero-order valence-electron chi connectivity index (χ0n) is 15.0. The summed E-state index contributed by atoms with van der Waals surface area (Å²) in [6.07, 6.45) is 1.06. The number of ketones is 1. The van der Waals surface area contributed by atoms with Gasteiger partial charge in [0, 0.05) is 12.0 Å². The van der Waals surface area contributed by atoms with Crippen LogP contribution in [0.3, 0.4) is 0 Å². The van der Waals surface area contributed by atoms with E-state index in [2.05, 4.69) is 10.2 Å². The van der Waals surface area contributed by atoms with Gasteiger partial charge in [-0.05, 0) is 30.5 Å². The van der Waals surface area contributed by atoms with Gasteiger partial charge in [-0.3, -0.25) is 4.79 Å². The molecule has 2 aromatic rings. The molecule has 3 rings (SSSR count). The molecule has 1 saturated heterocycles. The van der Waals surface area contributed by atoms with Crippen LogP contribution in [0.1, 0.15) is 22.7 Å². The Kier molecular flexibility index (Phi) is 6.05. The third-order valence-corrected chi connectivity index (χ3v) is 6.93. The molecule has 1 fully saturated rings. The number of benzene rings is 1. The lowest BCUT2D eigenvalue weighted by molar-refractivity contribution is 0.102. The quantitative estimate of drug-likeness (QED) is 0.475. The van der Waals surface area contributed by atoms with Crippen molar-refractivity contribution < 1.29 is 27.1 Å². The van der Waals surface area contributed by atoms with Crippen LogP contribution in [0.15, 0.2) is 27.8 Å². The van der Waals surface area contributed by atoms with Crippen LogP contribution in [-0.4, -0.2) is 55.9 Å². The molecule has 1 aromatic carbocycles. The Bertz CT molecular complexity index is 925. The highest BCUT2D eigenvalue weighted by molar-refractivity contribution is 7.99. The van der Waals surface area contributed by atoms with Crippen LogP contribution < -0.4 is 9.47 Å². The standard InChI is InChI=1S/C17H20N2O6S2/c1-23-14-4-3-12(8-15(14)24-2)13(20)9-26-17-19-18-16(25-17)7-11-5-6-27(21,22)10-11/h3-4,8,11H,5-7,9-10H2,1-2H3/t11-/m1/s1. The van der Waals surface area contributed by atoms with E-state index in [1.807, 2.05) is 0 Å². The molecule has 2 heterocycles. The van der Waals surface area contributed by atoms with Crippen molar-refractivity contribution in [1.82, 2.24) is 10.2 Å². The summed E-state index contributed by atoms with van der Waals surface area (Å²) in [7, 11) is 0.111. The fourth-order valence-corrected chi connectivity index (χ4v) is 5.42. The Morgan fingerprint density at radius 1 is 1.26 bits per heavy atom. The molecular formula is C17H20N2O6S2. The van der Waals surface area contributed by atoms with Crippen molar-refractivity contribution in [3.63, 3.8) is 0 Å². The molecule has 1 aliphatic heterocycles. The Hall–Kier alpha value is -2.07. The van der Waals surface area contributed by atoms with Gasteiger partial charge >= 0.3 is 0 Å². The molecule has 27 heavy (non-hydrogen) atoms. The smallest absolute Gasteiger partial charge is 0.277 e. The van der Waals surface area contributed by atoms with Gasteiger partial charge in [-0.15, -0.1) is 10.2 Å². The maximum Gasteiger partial charge on any atom is 0.277 e. The van der Waals surface area contributed by atoms with Gasteiger partial charge in [-0.2, -0.15) is 0 Å². The summed E-state index contributed by atoms with van der Waals surface area (Å²) in [5.74, 6) is 1.86. The van der Waals surface area contributed by atoms with E-state index in [4.69, 9.17) is 13.9 Å². The van der Waals surface area contributed by atoms with E-state index in [0.717, 1.165) is 11.8 Å². The van der Waals surface area contributed by atoms with Gasteiger partial charge in [0.15, 0.2) is 27.1 Å². The van der Waals surface area contributed by atoms with Crippen LogP contribution in [0.4, 0.5) is 0 Å². The molecule has 1 aromatic heterocycles. The minimum absolute atomic E-state index is 0.0155. The van der Waals surface area contributed by atoms with Crippen molar-refractivity contribution in [3.05, 3.63) is 29.7 Å². The number of carbonyl (C=O) groups is 1. The molecular weight excluding hydrogens is 392 g/mol. The Morgan fingerprint density at radius 3 is 2.70 bits per heavy atom. The van der Waals surface area contributed by atoms with E-state index in [0.29, 0.717) is 41.0 Å². The number of hydrogen-bond acceptors (Lipinski definition) is 9. The lowest BCUT2D eigenvalue weighted by Gasteiger charge is -2.08. The molecule has 1 aliphatic rings. The van der Waals surface area contributed by atoms with E-state index in [-0.39, 0.29) is 29.0 Å². The van der Waals surface area contributed by atoms with E-state index in [1.54, 1.807) is 18.2 Å². The molecule has 1 atom stereocenters. The Labute approximate surface area is 161 Å². The molecule has 0 unspecified atom stereocenters. The van der Waals surface area contributed by atoms with Crippen LogP contribution in [0, 0.1) is 5.92 Å². The average molecular weight is 412 g/mol. The van der Waals surface area contributed by atoms with Crippen LogP contribution in [-0.2, 0) is 16.3 Å². The first-order chi connectivity index (χ1) is 12.9. The summed E-state index contributed by atoms with van der Waals surface area (Å²) in [4.78, 5) is 12.4. The fraction of sp³-hybridized carbons (Fsp3) is 0.471. The number of nitrogens with zero attached hydrogens (tertiary/aromatic N) is 2. The third-order valence-electron chi connectivity index (χ3n) is 4.27. The molecule has 0 spiro atoms. The molecule has 0 amide bonds. The van der Waals surface area contributed by atoms with Crippen molar-refractivity contribution in [2.24, 2.45) is 5.92 Å². The lowest BCUT2D eigenvalue weighted by Crippen LogP contribution is -2.07. The molecule has 0 bridgehead atoms. The largest absolute Gasteiger partial charge is 0.493 e. The number of thioether (sulfide) groups is 1. The lowest BCUT2D eigenvalue weighted by atomic mass is 10.1. The van der Waals surface area contributed by atoms with Gasteiger partial charge in [-0.1, -0.05) is 11.8 Å². The van der Waals surface area contributed by atoms with Gasteiger partial charge in [0.2, 0.25) is 5.89 Å². The first-order valence-electron chi connectivity index (χ1n) is 8.31. The Balaban J connectivity index is 1.56. The molecule has 0 saturated carbocycles. The van der Waals surface area contributed by atoms with E-state index in [9.17, 15) is 13.2 Å². The monoisotopic (exact) mass is 412 g/mol. The van der Waals surface area contributed by atoms with Crippen molar-refractivity contribution >= 4 is 27.4 Å². The summed E-state index contributed by atoms with van der Waals surface area (Å²) >= 11 is 1.15. The summed E-state index contributed by atoms with van der Waals surface area (Å²) in [6, 6.07) is 4.97. The number of hydrogen-bond donors (Lipinski definition) is 0. The molecule has 0 aliphatic carbocycles. The topological polar surface area (TPSA) is 109 Å². The van der Waals surface area contributed by atoms with Crippen LogP contribution >= 0.6 is 11.8 Å². The number of aromatic nitrogens is 2. The number of carbonyl (C=O) groups excluding carboxylic acids is 1. The predicted molar refractivity (Wildman–Crippen MR) is 99.4 cm³/mol. The molecule has 0 radical (unpaired) electrons. The normalized spacial score (nSPS) is 18.4. The second kappa shape index (κ2) is 8.30. The zero-order valence-corrected chi connectivity index (χ0v) is 16.6. The number of ether oxygens (including phenoxy) is 2. The van der Waals surface area contributed by atoms with Gasteiger partial charge in [0.05, 0.1) is 31.5 Å². The summed E-state index contributed by atoms with van der Waals surface area (Å²) in [6.45, 7) is 0. The van der Waals surface area contributed by atoms with Crippen molar-refractivity contribution in [1.29, 1.82) is 0 Å². The van der Waals surface area contributed by atoms with E-state index < -0.39 is 9.84 Å². The fourth-order valence-electron chi connectivity index (χ4n) is 2.88. The highest BCUT2D eigenvalue weighted by atomic mass is 32.2. The number of sulfone groups is 1. The zero-order chi connectivity index (χ0) is 19.4. The minimum Gasteiger partial charge on any atom is -0.493 e. The third kappa shape index (κ3) is 5.01. The summed E-state index contributed by atoms with van der Waals surface area (Å²) in [5, 5.41) is 8.16. The highest BCUT2D eigenvalue weighted by Crippen LogP contribution is 2.29. The highest BCUT2D eigenvalue weighted by Gasteiger charge is 2.29. The molecule has 146 valence electrons. The van der Waals surface area contributed by atoms with Gasteiger partial charge < -0.3 is 13.9 Å². The average Bonchev–Trinajstić information content (AvgIpc) is 3.24. The number of Topliss-reactive ketones (excluding diaryl/α,β-unsaturated/α-hetero) is 1. The van der Waals surface area contributed by atoms with E-state index in [1.165, 1.54) is 14.2 Å². The summed E-state index contributed by atoms with van der Waals surface area (Å²) < 4.78 is 38.9. The van der Waals surface area contributed by atoms with Gasteiger partial charge in [-0.25, -0.2) is 8.42 Å². The van der Waals surface area contributed by atoms with Gasteiger partial charge in [0.1, 0.15) is 0 Å². The minimum atomic E-state index is -2.93. The SMILES string of the molecule is COc1ccc(C(=O)CSc2nnc(C[C@H]3CCS(=O)(=O)C3)o2)cc1OC. The first-order valence-corrected chi connectivity index (χ1v) is 11.1. The van der Waals surface area contributed by atoms with E-state index >= 15 is 0 Å². The molecule has 0 N–H and O–H groups in total. The first kappa shape index (κ1) is 19.7. The molecule has 10 heteroatoms. The maximum absolute atomic E-state index is 12.4. The van der Waals surface area contributed by atoms with Crippen molar-refractivity contribution in [2.45, 2.75) is 18.1 Å². The van der Waals surface area contributed by atoms with Crippen LogP contribution in [0.25, 0.3) is 0 Å². The van der Waals surface area contributed by atoms with Crippen LogP contribution in [0.2, 0.25) is 0 Å². The van der Waals surface area contributed by atoms with Crippen molar-refractivity contribution in [3.8, 4) is 11.5 Å². The second-order valence-electron chi connectivity index (χ2n) is 6.22. The van der Waals surface area contributed by atoms with Gasteiger partial charge in [0.25, 0.3) is 5.22 Å². The molecule has 8 nitrogen and oxygen atoms in total. The van der Waals surface area contributed by atoms with Crippen LogP contribution in [0.5, 0.6) is 11.5 Å². The maximum atomic E-state index is 12.4. The Morgan fingerprint density at radius 2 is 2.04 bits per heavy atom. The van der Waals surface area contributed by atoms with Crippen molar-refractivity contribution in [2.75, 3.05) is 31.5 Å². The number of methoxy groups -OCH3 is 2. The second-order valence-corrected chi connectivity index (χ2v) is 9.37.